The van der Waals surface area contributed by atoms with Crippen LogP contribution in [-0.4, -0.2) is 35.4 Å². The van der Waals surface area contributed by atoms with Crippen LogP contribution in [-0.2, 0) is 9.59 Å². The average Bonchev–Trinajstić information content (AvgIpc) is 2.59. The fourth-order valence-corrected chi connectivity index (χ4v) is 2.34. The van der Waals surface area contributed by atoms with Gasteiger partial charge in [-0.3, -0.25) is 14.6 Å². The first-order chi connectivity index (χ1) is 10.7. The lowest BCUT2D eigenvalue weighted by Crippen LogP contribution is -2.45. The highest BCUT2D eigenvalue weighted by atomic mass is 16.1. The van der Waals surface area contributed by atoms with E-state index >= 15 is 0 Å². The van der Waals surface area contributed by atoms with Gasteiger partial charge in [0.05, 0.1) is 5.54 Å². The van der Waals surface area contributed by atoms with Crippen molar-refractivity contribution in [3.05, 3.63) is 12.2 Å². The molecule has 0 amide bonds. The number of hydrogen-bond donors (Lipinski definition) is 1. The van der Waals surface area contributed by atoms with Crippen LogP contribution in [0.15, 0.2) is 17.1 Å². The second-order valence-electron chi connectivity index (χ2n) is 7.82. The van der Waals surface area contributed by atoms with Gasteiger partial charge in [0.25, 0.3) is 0 Å². The molecule has 0 saturated carbocycles. The van der Waals surface area contributed by atoms with Crippen LogP contribution in [0.4, 0.5) is 0 Å². The van der Waals surface area contributed by atoms with E-state index in [9.17, 15) is 9.59 Å². The lowest BCUT2D eigenvalue weighted by molar-refractivity contribution is -0.122. The van der Waals surface area contributed by atoms with Crippen molar-refractivity contribution >= 4 is 17.8 Å². The van der Waals surface area contributed by atoms with E-state index in [4.69, 9.17) is 0 Å². The predicted octanol–water partition coefficient (Wildman–Crippen LogP) is 4.38. The Morgan fingerprint density at radius 1 is 1.21 bits per heavy atom. The summed E-state index contributed by atoms with van der Waals surface area (Å²) in [6, 6.07) is 0.270. The van der Waals surface area contributed by atoms with Crippen molar-refractivity contribution in [1.29, 1.82) is 0 Å². The van der Waals surface area contributed by atoms with Gasteiger partial charge >= 0.3 is 0 Å². The Morgan fingerprint density at radius 2 is 1.62 bits per heavy atom. The first kappa shape index (κ1) is 25.0. The molecular weight excluding hydrogens is 300 g/mol. The van der Waals surface area contributed by atoms with Gasteiger partial charge in [-0.05, 0) is 73.4 Å². The minimum atomic E-state index is -0.289. The Hall–Kier alpha value is -1.29. The largest absolute Gasteiger partial charge is 0.302 e. The summed E-state index contributed by atoms with van der Waals surface area (Å²) < 4.78 is 0. The third-order valence-electron chi connectivity index (χ3n) is 4.25. The molecular formula is C20H38N2O2. The zero-order chi connectivity index (χ0) is 19.7. The van der Waals surface area contributed by atoms with Crippen molar-refractivity contribution in [2.75, 3.05) is 0 Å². The number of allylic oxidation sites excluding steroid dienone is 1. The van der Waals surface area contributed by atoms with E-state index < -0.39 is 0 Å². The van der Waals surface area contributed by atoms with Crippen LogP contribution in [0.5, 0.6) is 0 Å². The molecule has 1 saturated heterocycles. The maximum absolute atomic E-state index is 11.3. The third-order valence-corrected chi connectivity index (χ3v) is 4.25. The van der Waals surface area contributed by atoms with Crippen LogP contribution in [0.2, 0.25) is 0 Å². The summed E-state index contributed by atoms with van der Waals surface area (Å²) in [7, 11) is 0. The Balaban J connectivity index is 0. The molecule has 1 aliphatic rings. The fraction of sp³-hybridized carbons (Fsp3) is 0.750. The molecule has 0 radical (unpaired) electrons. The predicted molar refractivity (Wildman–Crippen MR) is 105 cm³/mol. The van der Waals surface area contributed by atoms with E-state index in [1.165, 1.54) is 12.5 Å². The quantitative estimate of drug-likeness (QED) is 0.613. The number of carbonyl (C=O) groups is 2. The summed E-state index contributed by atoms with van der Waals surface area (Å²) in [6.45, 7) is 22.9. The van der Waals surface area contributed by atoms with Crippen molar-refractivity contribution in [2.24, 2.45) is 10.4 Å². The van der Waals surface area contributed by atoms with E-state index in [0.29, 0.717) is 6.04 Å². The number of nitrogens with zero attached hydrogens (tertiary/aromatic N) is 1. The second kappa shape index (κ2) is 10.5. The van der Waals surface area contributed by atoms with Gasteiger partial charge in [0.15, 0.2) is 5.78 Å². The maximum atomic E-state index is 11.3. The van der Waals surface area contributed by atoms with Gasteiger partial charge in [-0.25, -0.2) is 0 Å². The molecule has 140 valence electrons. The molecule has 1 rings (SSSR count). The number of carbonyl (C=O) groups excluding carboxylic acids is 2. The topological polar surface area (TPSA) is 58.5 Å². The summed E-state index contributed by atoms with van der Waals surface area (Å²) in [6.07, 6.45) is 2.59. The van der Waals surface area contributed by atoms with Crippen LogP contribution >= 0.6 is 0 Å². The van der Waals surface area contributed by atoms with Crippen LogP contribution < -0.4 is 5.32 Å². The van der Waals surface area contributed by atoms with Gasteiger partial charge in [-0.15, -0.1) is 6.58 Å². The Labute approximate surface area is 149 Å². The molecule has 1 N–H and O–H groups in total. The lowest BCUT2D eigenvalue weighted by Gasteiger charge is -2.22. The molecule has 1 heterocycles. The van der Waals surface area contributed by atoms with Gasteiger partial charge in [-0.2, -0.15) is 0 Å². The Morgan fingerprint density at radius 3 is 1.75 bits per heavy atom. The van der Waals surface area contributed by atoms with Gasteiger partial charge in [0.1, 0.15) is 11.8 Å². The Bertz CT molecular complexity index is 462. The number of ketones is 2. The van der Waals surface area contributed by atoms with Crippen molar-refractivity contribution in [1.82, 2.24) is 5.32 Å². The Kier molecular flexibility index (Phi) is 11.0. The van der Waals surface area contributed by atoms with Crippen molar-refractivity contribution in [2.45, 2.75) is 93.3 Å². The number of Topliss-reactive ketones (excluding diaryl/α,β-unsaturated/α-hetero) is 2. The van der Waals surface area contributed by atoms with E-state index in [1.54, 1.807) is 27.0 Å². The normalized spacial score (nSPS) is 25.8. The summed E-state index contributed by atoms with van der Waals surface area (Å²) >= 11 is 0. The number of nitrogens with one attached hydrogen (secondary N) is 1. The van der Waals surface area contributed by atoms with E-state index in [-0.39, 0.29) is 28.6 Å². The van der Waals surface area contributed by atoms with Crippen LogP contribution in [0, 0.1) is 5.41 Å². The van der Waals surface area contributed by atoms with Crippen LogP contribution in [0.3, 0.4) is 0 Å². The summed E-state index contributed by atoms with van der Waals surface area (Å²) in [5, 5.41) is 3.37. The zero-order valence-corrected chi connectivity index (χ0v) is 17.4. The number of aliphatic imine (C=N–C) groups is 1. The molecule has 0 aromatic rings. The molecule has 1 fully saturated rings. The summed E-state index contributed by atoms with van der Waals surface area (Å²) in [5.74, 6) is 0.364. The number of hydrogen-bond acceptors (Lipinski definition) is 4. The van der Waals surface area contributed by atoms with Crippen molar-refractivity contribution in [3.8, 4) is 0 Å². The molecule has 3 atom stereocenters. The van der Waals surface area contributed by atoms with Crippen LogP contribution in [0.25, 0.3) is 0 Å². The van der Waals surface area contributed by atoms with E-state index in [1.807, 2.05) is 20.8 Å². The summed E-state index contributed by atoms with van der Waals surface area (Å²) in [5.41, 5.74) is 1.11. The molecule has 0 spiro atoms. The van der Waals surface area contributed by atoms with Gasteiger partial charge in [0.2, 0.25) is 0 Å². The molecule has 1 aliphatic heterocycles. The smallest absolute Gasteiger partial charge is 0.153 e. The molecule has 0 aliphatic carbocycles. The van der Waals surface area contributed by atoms with E-state index in [0.717, 1.165) is 6.42 Å². The van der Waals surface area contributed by atoms with Crippen molar-refractivity contribution in [3.63, 3.8) is 0 Å². The monoisotopic (exact) mass is 338 g/mol. The molecule has 4 heteroatoms. The highest BCUT2D eigenvalue weighted by molar-refractivity contribution is 5.86. The van der Waals surface area contributed by atoms with E-state index in [2.05, 4.69) is 37.7 Å². The van der Waals surface area contributed by atoms with Gasteiger partial charge in [0, 0.05) is 6.04 Å². The number of rotatable bonds is 3. The molecule has 0 bridgehead atoms. The minimum absolute atomic E-state index is 0.114. The first-order valence-corrected chi connectivity index (χ1v) is 8.58. The lowest BCUT2D eigenvalue weighted by atomic mass is 9.80. The van der Waals surface area contributed by atoms with Crippen molar-refractivity contribution < 1.29 is 9.59 Å². The third kappa shape index (κ3) is 9.76. The maximum Gasteiger partial charge on any atom is 0.153 e. The molecule has 0 aromatic carbocycles. The molecule has 3 unspecified atom stereocenters. The SMILES string of the molecule is C=C(C)C.CC(=O)C1(C)CC(C)(C)C(C)N1.CC=NC(C)C(C)=O. The highest BCUT2D eigenvalue weighted by Crippen LogP contribution is 2.38. The average molecular weight is 339 g/mol. The van der Waals surface area contributed by atoms with Crippen LogP contribution in [0.1, 0.15) is 75.7 Å². The zero-order valence-electron chi connectivity index (χ0n) is 17.4. The first-order valence-electron chi connectivity index (χ1n) is 8.58. The van der Waals surface area contributed by atoms with Gasteiger partial charge in [-0.1, -0.05) is 19.4 Å². The minimum Gasteiger partial charge on any atom is -0.302 e. The molecule has 24 heavy (non-hydrogen) atoms. The second-order valence-corrected chi connectivity index (χ2v) is 7.82. The fourth-order valence-electron chi connectivity index (χ4n) is 2.34. The standard InChI is InChI=1S/C10H19NO.C6H11NO.C4H8/c1-7-9(3,4)6-10(5,11-7)8(2)12;1-4-7-5(2)6(3)8;1-4(2)3/h7,11H,6H2,1-5H3;4-5H,1-3H3;1H2,2-3H3. The highest BCUT2D eigenvalue weighted by Gasteiger charge is 2.46. The summed E-state index contributed by atoms with van der Waals surface area (Å²) in [4.78, 5) is 25.6. The van der Waals surface area contributed by atoms with Gasteiger partial charge < -0.3 is 5.32 Å². The molecule has 4 nitrogen and oxygen atoms in total. The molecule has 0 aromatic heterocycles.